The summed E-state index contributed by atoms with van der Waals surface area (Å²) in [6.45, 7) is 4.34. The van der Waals surface area contributed by atoms with Gasteiger partial charge in [0, 0.05) is 32.5 Å². The fraction of sp³-hybridized carbons (Fsp3) is 0.538. The highest BCUT2D eigenvalue weighted by atomic mass is 15.4. The first-order chi connectivity index (χ1) is 9.65. The molecule has 0 bridgehead atoms. The van der Waals surface area contributed by atoms with Gasteiger partial charge >= 0.3 is 0 Å². The van der Waals surface area contributed by atoms with Crippen LogP contribution in [0.1, 0.15) is 26.7 Å². The smallest absolute Gasteiger partial charge is 0.257 e. The molecule has 108 valence electrons. The molecule has 0 spiro atoms. The summed E-state index contributed by atoms with van der Waals surface area (Å²) in [5, 5.41) is 7.13. The van der Waals surface area contributed by atoms with Crippen LogP contribution in [0.25, 0.3) is 5.95 Å². The lowest BCUT2D eigenvalue weighted by molar-refractivity contribution is 0.602. The molecule has 0 saturated heterocycles. The molecule has 1 atom stereocenters. The van der Waals surface area contributed by atoms with Gasteiger partial charge in [0.2, 0.25) is 11.9 Å². The van der Waals surface area contributed by atoms with E-state index in [1.54, 1.807) is 17.9 Å². The monoisotopic (exact) mass is 275 g/mol. The summed E-state index contributed by atoms with van der Waals surface area (Å²) in [6.07, 6.45) is 5.73. The first kappa shape index (κ1) is 14.2. The number of hydrogen-bond acceptors (Lipinski definition) is 6. The van der Waals surface area contributed by atoms with Crippen LogP contribution in [0.2, 0.25) is 0 Å². The summed E-state index contributed by atoms with van der Waals surface area (Å²) in [5.41, 5.74) is 0. The fourth-order valence-electron chi connectivity index (χ4n) is 1.92. The second kappa shape index (κ2) is 6.31. The molecule has 20 heavy (non-hydrogen) atoms. The largest absolute Gasteiger partial charge is 0.357 e. The summed E-state index contributed by atoms with van der Waals surface area (Å²) < 4.78 is 1.63. The second-order valence-corrected chi connectivity index (χ2v) is 4.71. The van der Waals surface area contributed by atoms with E-state index < -0.39 is 0 Å². The molecule has 0 aromatic carbocycles. The van der Waals surface area contributed by atoms with Gasteiger partial charge < -0.3 is 10.2 Å². The van der Waals surface area contributed by atoms with Crippen LogP contribution in [-0.2, 0) is 0 Å². The minimum Gasteiger partial charge on any atom is -0.357 e. The van der Waals surface area contributed by atoms with Gasteiger partial charge in [-0.1, -0.05) is 13.3 Å². The van der Waals surface area contributed by atoms with Crippen LogP contribution < -0.4 is 10.2 Å². The summed E-state index contributed by atoms with van der Waals surface area (Å²) >= 11 is 0. The number of nitrogens with zero attached hydrogens (tertiary/aromatic N) is 6. The molecule has 0 aliphatic carbocycles. The lowest BCUT2D eigenvalue weighted by atomic mass is 10.2. The van der Waals surface area contributed by atoms with Gasteiger partial charge in [0.25, 0.3) is 5.95 Å². The van der Waals surface area contributed by atoms with Gasteiger partial charge in [-0.15, -0.1) is 0 Å². The maximum absolute atomic E-state index is 4.49. The first-order valence-corrected chi connectivity index (χ1v) is 6.82. The Morgan fingerprint density at radius 3 is 2.75 bits per heavy atom. The average molecular weight is 275 g/mol. The van der Waals surface area contributed by atoms with Crippen molar-refractivity contribution in [1.82, 2.24) is 24.7 Å². The second-order valence-electron chi connectivity index (χ2n) is 4.71. The van der Waals surface area contributed by atoms with E-state index in [9.17, 15) is 0 Å². The third kappa shape index (κ3) is 3.04. The van der Waals surface area contributed by atoms with Gasteiger partial charge in [0.05, 0.1) is 0 Å². The summed E-state index contributed by atoms with van der Waals surface area (Å²) in [4.78, 5) is 15.3. The van der Waals surface area contributed by atoms with Gasteiger partial charge in [0.1, 0.15) is 0 Å². The van der Waals surface area contributed by atoms with Crippen LogP contribution in [0.5, 0.6) is 0 Å². The number of aromatic nitrogens is 5. The van der Waals surface area contributed by atoms with Crippen molar-refractivity contribution in [2.45, 2.75) is 32.7 Å². The van der Waals surface area contributed by atoms with Crippen LogP contribution in [0, 0.1) is 0 Å². The molecule has 7 heteroatoms. The minimum absolute atomic E-state index is 0.373. The molecule has 2 heterocycles. The Labute approximate surface area is 119 Å². The molecule has 0 aliphatic heterocycles. The predicted octanol–water partition coefficient (Wildman–Crippen LogP) is 1.72. The molecule has 2 aromatic heterocycles. The van der Waals surface area contributed by atoms with Crippen molar-refractivity contribution in [3.63, 3.8) is 0 Å². The zero-order chi connectivity index (χ0) is 14.5. The first-order valence-electron chi connectivity index (χ1n) is 6.82. The molecular formula is C13H21N7. The van der Waals surface area contributed by atoms with E-state index in [-0.39, 0.29) is 0 Å². The van der Waals surface area contributed by atoms with Crippen LogP contribution in [0.15, 0.2) is 18.5 Å². The average Bonchev–Trinajstić information content (AvgIpc) is 3.00. The number of hydrogen-bond donors (Lipinski definition) is 1. The molecule has 2 aromatic rings. The highest BCUT2D eigenvalue weighted by Gasteiger charge is 2.15. The van der Waals surface area contributed by atoms with Crippen molar-refractivity contribution in [2.75, 3.05) is 24.3 Å². The van der Waals surface area contributed by atoms with E-state index in [1.165, 1.54) is 0 Å². The molecule has 1 N–H and O–H groups in total. The van der Waals surface area contributed by atoms with Crippen molar-refractivity contribution in [2.24, 2.45) is 0 Å². The van der Waals surface area contributed by atoms with E-state index in [0.29, 0.717) is 23.9 Å². The topological polar surface area (TPSA) is 71.8 Å². The maximum atomic E-state index is 4.49. The lowest BCUT2D eigenvalue weighted by Crippen LogP contribution is -2.31. The normalized spacial score (nSPS) is 12.2. The van der Waals surface area contributed by atoms with Gasteiger partial charge in [-0.05, 0) is 19.4 Å². The molecule has 1 unspecified atom stereocenters. The van der Waals surface area contributed by atoms with Gasteiger partial charge in [-0.2, -0.15) is 20.1 Å². The molecule has 2 rings (SSSR count). The lowest BCUT2D eigenvalue weighted by Gasteiger charge is -2.24. The van der Waals surface area contributed by atoms with Crippen molar-refractivity contribution >= 4 is 11.9 Å². The van der Waals surface area contributed by atoms with Crippen molar-refractivity contribution < 1.29 is 0 Å². The Kier molecular flexibility index (Phi) is 4.49. The van der Waals surface area contributed by atoms with E-state index in [1.807, 2.05) is 19.3 Å². The molecular weight excluding hydrogens is 254 g/mol. The molecule has 0 saturated carbocycles. The van der Waals surface area contributed by atoms with E-state index in [0.717, 1.165) is 12.8 Å². The Bertz CT molecular complexity index is 538. The fourth-order valence-corrected chi connectivity index (χ4v) is 1.92. The van der Waals surface area contributed by atoms with Crippen LogP contribution >= 0.6 is 0 Å². The maximum Gasteiger partial charge on any atom is 0.257 e. The predicted molar refractivity (Wildman–Crippen MR) is 79.3 cm³/mol. The highest BCUT2D eigenvalue weighted by Crippen LogP contribution is 2.15. The zero-order valence-corrected chi connectivity index (χ0v) is 12.4. The van der Waals surface area contributed by atoms with Crippen molar-refractivity contribution in [3.05, 3.63) is 18.5 Å². The Morgan fingerprint density at radius 1 is 1.35 bits per heavy atom. The standard InChI is InChI=1S/C13H21N7/c1-5-7-10(2)19(4)12-16-11(14-3)17-13(18-12)20-9-6-8-15-20/h6,8-10H,5,7H2,1-4H3,(H,14,16,17,18). The number of nitrogens with one attached hydrogen (secondary N) is 1. The Balaban J connectivity index is 2.35. The Morgan fingerprint density at radius 2 is 2.15 bits per heavy atom. The minimum atomic E-state index is 0.373. The number of rotatable bonds is 6. The van der Waals surface area contributed by atoms with Crippen molar-refractivity contribution in [3.8, 4) is 5.95 Å². The van der Waals surface area contributed by atoms with Crippen LogP contribution in [0.3, 0.4) is 0 Å². The quantitative estimate of drug-likeness (QED) is 0.865. The third-order valence-electron chi connectivity index (χ3n) is 3.23. The summed E-state index contributed by atoms with van der Waals surface area (Å²) in [6, 6.07) is 2.21. The Hall–Kier alpha value is -2.18. The SMILES string of the molecule is CCCC(C)N(C)c1nc(NC)nc(-n2cccn2)n1. The van der Waals surface area contributed by atoms with Gasteiger partial charge in [-0.25, -0.2) is 4.68 Å². The van der Waals surface area contributed by atoms with E-state index >= 15 is 0 Å². The zero-order valence-electron chi connectivity index (χ0n) is 12.4. The van der Waals surface area contributed by atoms with Crippen molar-refractivity contribution in [1.29, 1.82) is 0 Å². The molecule has 0 radical (unpaired) electrons. The molecule has 7 nitrogen and oxygen atoms in total. The summed E-state index contributed by atoms with van der Waals surface area (Å²) in [5.74, 6) is 1.70. The molecule has 0 aliphatic rings. The van der Waals surface area contributed by atoms with Gasteiger partial charge in [-0.3, -0.25) is 0 Å². The number of anilines is 2. The highest BCUT2D eigenvalue weighted by molar-refractivity contribution is 5.39. The van der Waals surface area contributed by atoms with Crippen LogP contribution in [0.4, 0.5) is 11.9 Å². The van der Waals surface area contributed by atoms with E-state index in [4.69, 9.17) is 0 Å². The van der Waals surface area contributed by atoms with Gasteiger partial charge in [0.15, 0.2) is 0 Å². The molecule has 0 amide bonds. The van der Waals surface area contributed by atoms with E-state index in [2.05, 4.69) is 44.1 Å². The summed E-state index contributed by atoms with van der Waals surface area (Å²) in [7, 11) is 3.80. The molecule has 0 fully saturated rings. The third-order valence-corrected chi connectivity index (χ3v) is 3.23. The van der Waals surface area contributed by atoms with Crippen LogP contribution in [-0.4, -0.2) is 44.9 Å².